The summed E-state index contributed by atoms with van der Waals surface area (Å²) >= 11 is 0. The molecule has 6 heteroatoms. The third-order valence-corrected chi connectivity index (χ3v) is 3.74. The summed E-state index contributed by atoms with van der Waals surface area (Å²) in [5.74, 6) is 0.724. The minimum atomic E-state index is -0.780. The Balaban J connectivity index is 2.35. The van der Waals surface area contributed by atoms with Gasteiger partial charge < -0.3 is 19.1 Å². The molecule has 0 aromatic heterocycles. The standard InChI is InChI=1S/C20H23NO5/c1-4-21(5-2)19(22)25-17-13-9-7-11-15(17)16-12-8-10-14-18(16)26-20(23)24-6-3/h7-14H,4-6H2,1-3H3. The van der Waals surface area contributed by atoms with Crippen molar-refractivity contribution < 1.29 is 23.8 Å². The molecule has 2 rings (SSSR count). The van der Waals surface area contributed by atoms with Gasteiger partial charge in [0.25, 0.3) is 0 Å². The first-order valence-electron chi connectivity index (χ1n) is 8.60. The van der Waals surface area contributed by atoms with E-state index in [0.717, 1.165) is 0 Å². The molecule has 2 aromatic rings. The molecule has 0 saturated heterocycles. The van der Waals surface area contributed by atoms with E-state index in [1.807, 2.05) is 26.0 Å². The highest BCUT2D eigenvalue weighted by molar-refractivity contribution is 5.81. The van der Waals surface area contributed by atoms with E-state index in [-0.39, 0.29) is 6.61 Å². The minimum Gasteiger partial charge on any atom is -0.434 e. The molecule has 0 fully saturated rings. The number of nitrogens with zero attached hydrogens (tertiary/aromatic N) is 1. The molecule has 0 heterocycles. The van der Waals surface area contributed by atoms with Crippen LogP contribution < -0.4 is 9.47 Å². The first-order valence-corrected chi connectivity index (χ1v) is 8.60. The van der Waals surface area contributed by atoms with Crippen molar-refractivity contribution in [1.82, 2.24) is 4.90 Å². The second-order valence-electron chi connectivity index (χ2n) is 5.32. The Morgan fingerprint density at radius 3 is 1.81 bits per heavy atom. The highest BCUT2D eigenvalue weighted by atomic mass is 16.7. The van der Waals surface area contributed by atoms with Gasteiger partial charge in [0.1, 0.15) is 11.5 Å². The van der Waals surface area contributed by atoms with Crippen molar-refractivity contribution in [2.45, 2.75) is 20.8 Å². The highest BCUT2D eigenvalue weighted by Gasteiger charge is 2.18. The van der Waals surface area contributed by atoms with Crippen molar-refractivity contribution in [3.05, 3.63) is 48.5 Å². The molecular weight excluding hydrogens is 334 g/mol. The fourth-order valence-electron chi connectivity index (χ4n) is 2.43. The second-order valence-corrected chi connectivity index (χ2v) is 5.32. The lowest BCUT2D eigenvalue weighted by Gasteiger charge is -2.19. The number of amides is 1. The van der Waals surface area contributed by atoms with Crippen LogP contribution in [0.4, 0.5) is 9.59 Å². The number of benzene rings is 2. The summed E-state index contributed by atoms with van der Waals surface area (Å²) in [6.07, 6.45) is -1.20. The van der Waals surface area contributed by atoms with E-state index in [1.54, 1.807) is 48.2 Å². The van der Waals surface area contributed by atoms with Gasteiger partial charge in [-0.15, -0.1) is 0 Å². The van der Waals surface area contributed by atoms with E-state index in [9.17, 15) is 9.59 Å². The van der Waals surface area contributed by atoms with Crippen LogP contribution in [0.5, 0.6) is 11.5 Å². The van der Waals surface area contributed by atoms with Crippen LogP contribution in [0.3, 0.4) is 0 Å². The fraction of sp³-hybridized carbons (Fsp3) is 0.300. The first kappa shape index (κ1) is 19.3. The van der Waals surface area contributed by atoms with Crippen molar-refractivity contribution >= 4 is 12.2 Å². The molecular formula is C20H23NO5. The molecule has 0 radical (unpaired) electrons. The Morgan fingerprint density at radius 1 is 0.808 bits per heavy atom. The van der Waals surface area contributed by atoms with Crippen LogP contribution in [-0.2, 0) is 4.74 Å². The minimum absolute atomic E-state index is 0.221. The fourth-order valence-corrected chi connectivity index (χ4v) is 2.43. The van der Waals surface area contributed by atoms with Crippen LogP contribution in [0.25, 0.3) is 11.1 Å². The summed E-state index contributed by atoms with van der Waals surface area (Å²) in [6, 6.07) is 14.1. The normalized spacial score (nSPS) is 10.1. The molecule has 2 aromatic carbocycles. The molecule has 0 bridgehead atoms. The molecule has 0 aliphatic rings. The van der Waals surface area contributed by atoms with Crippen molar-refractivity contribution in [3.63, 3.8) is 0 Å². The molecule has 0 spiro atoms. The van der Waals surface area contributed by atoms with Gasteiger partial charge in [0.2, 0.25) is 0 Å². The SMILES string of the molecule is CCOC(=O)Oc1ccccc1-c1ccccc1OC(=O)N(CC)CC. The summed E-state index contributed by atoms with van der Waals surface area (Å²) in [4.78, 5) is 25.6. The van der Waals surface area contributed by atoms with Gasteiger partial charge in [0.05, 0.1) is 6.61 Å². The van der Waals surface area contributed by atoms with E-state index >= 15 is 0 Å². The highest BCUT2D eigenvalue weighted by Crippen LogP contribution is 2.36. The quantitative estimate of drug-likeness (QED) is 0.552. The lowest BCUT2D eigenvalue weighted by atomic mass is 10.0. The smallest absolute Gasteiger partial charge is 0.434 e. The molecule has 0 aliphatic carbocycles. The molecule has 0 atom stereocenters. The van der Waals surface area contributed by atoms with Gasteiger partial charge in [0.15, 0.2) is 0 Å². The number of carbonyl (C=O) groups excluding carboxylic acids is 2. The number of hydrogen-bond acceptors (Lipinski definition) is 5. The number of rotatable bonds is 6. The third kappa shape index (κ3) is 4.75. The number of carbonyl (C=O) groups is 2. The third-order valence-electron chi connectivity index (χ3n) is 3.74. The molecule has 6 nitrogen and oxygen atoms in total. The van der Waals surface area contributed by atoms with Crippen LogP contribution in [0.2, 0.25) is 0 Å². The number of ether oxygens (including phenoxy) is 3. The Labute approximate surface area is 153 Å². The van der Waals surface area contributed by atoms with Gasteiger partial charge >= 0.3 is 12.2 Å². The zero-order chi connectivity index (χ0) is 18.9. The van der Waals surface area contributed by atoms with Crippen molar-refractivity contribution in [2.24, 2.45) is 0 Å². The van der Waals surface area contributed by atoms with Gasteiger partial charge in [-0.25, -0.2) is 9.59 Å². The zero-order valence-corrected chi connectivity index (χ0v) is 15.2. The maximum atomic E-state index is 12.3. The average Bonchev–Trinajstić information content (AvgIpc) is 2.64. The second kappa shape index (κ2) is 9.46. The van der Waals surface area contributed by atoms with E-state index in [1.165, 1.54) is 0 Å². The molecule has 0 N–H and O–H groups in total. The summed E-state index contributed by atoms with van der Waals surface area (Å²) in [5, 5.41) is 0. The Bertz CT molecular complexity index is 755. The van der Waals surface area contributed by atoms with Gasteiger partial charge in [0, 0.05) is 24.2 Å². The van der Waals surface area contributed by atoms with E-state index in [4.69, 9.17) is 14.2 Å². The van der Waals surface area contributed by atoms with Crippen LogP contribution in [-0.4, -0.2) is 36.8 Å². The molecule has 0 saturated carbocycles. The molecule has 26 heavy (non-hydrogen) atoms. The topological polar surface area (TPSA) is 65.1 Å². The number of para-hydroxylation sites is 2. The van der Waals surface area contributed by atoms with Crippen molar-refractivity contribution in [2.75, 3.05) is 19.7 Å². The maximum absolute atomic E-state index is 12.3. The first-order chi connectivity index (χ1) is 12.6. The van der Waals surface area contributed by atoms with E-state index < -0.39 is 12.2 Å². The van der Waals surface area contributed by atoms with Crippen molar-refractivity contribution in [3.8, 4) is 22.6 Å². The Morgan fingerprint density at radius 2 is 1.31 bits per heavy atom. The van der Waals surface area contributed by atoms with E-state index in [0.29, 0.717) is 35.7 Å². The zero-order valence-electron chi connectivity index (χ0n) is 15.2. The van der Waals surface area contributed by atoms with Crippen LogP contribution in [0.15, 0.2) is 48.5 Å². The van der Waals surface area contributed by atoms with Crippen molar-refractivity contribution in [1.29, 1.82) is 0 Å². The molecule has 0 aliphatic heterocycles. The Hall–Kier alpha value is -3.02. The summed E-state index contributed by atoms with van der Waals surface area (Å²) in [6.45, 7) is 6.81. The predicted molar refractivity (Wildman–Crippen MR) is 98.5 cm³/mol. The van der Waals surface area contributed by atoms with Gasteiger partial charge in [-0.2, -0.15) is 0 Å². The summed E-state index contributed by atoms with van der Waals surface area (Å²) in [5.41, 5.74) is 1.27. The lowest BCUT2D eigenvalue weighted by Crippen LogP contribution is -2.33. The van der Waals surface area contributed by atoms with Gasteiger partial charge in [-0.05, 0) is 32.9 Å². The Kier molecular flexibility index (Phi) is 7.02. The van der Waals surface area contributed by atoms with Crippen LogP contribution in [0.1, 0.15) is 20.8 Å². The predicted octanol–water partition coefficient (Wildman–Crippen LogP) is 4.73. The molecule has 138 valence electrons. The van der Waals surface area contributed by atoms with E-state index in [2.05, 4.69) is 0 Å². The largest absolute Gasteiger partial charge is 0.513 e. The molecule has 0 unspecified atom stereocenters. The maximum Gasteiger partial charge on any atom is 0.513 e. The van der Waals surface area contributed by atoms with Crippen LogP contribution in [0, 0.1) is 0 Å². The monoisotopic (exact) mass is 357 g/mol. The van der Waals surface area contributed by atoms with Gasteiger partial charge in [-0.3, -0.25) is 0 Å². The summed E-state index contributed by atoms with van der Waals surface area (Å²) in [7, 11) is 0. The lowest BCUT2D eigenvalue weighted by molar-refractivity contribution is 0.104. The molecule has 1 amide bonds. The van der Waals surface area contributed by atoms with Crippen LogP contribution >= 0.6 is 0 Å². The summed E-state index contributed by atoms with van der Waals surface area (Å²) < 4.78 is 15.7. The average molecular weight is 357 g/mol. The van der Waals surface area contributed by atoms with Gasteiger partial charge in [-0.1, -0.05) is 36.4 Å². The number of hydrogen-bond donors (Lipinski definition) is 0.